The first-order valence-electron chi connectivity index (χ1n) is 8.00. The van der Waals surface area contributed by atoms with Crippen LogP contribution >= 0.6 is 11.3 Å². The van der Waals surface area contributed by atoms with Gasteiger partial charge in [-0.25, -0.2) is 9.18 Å². The predicted octanol–water partition coefficient (Wildman–Crippen LogP) is 3.50. The van der Waals surface area contributed by atoms with Crippen molar-refractivity contribution in [1.29, 1.82) is 0 Å². The first kappa shape index (κ1) is 19.3. The van der Waals surface area contributed by atoms with Gasteiger partial charge in [-0.3, -0.25) is 4.79 Å². The Morgan fingerprint density at radius 2 is 2.00 bits per heavy atom. The van der Waals surface area contributed by atoms with E-state index in [4.69, 9.17) is 9.47 Å². The number of carbonyl (C=O) groups is 2. The van der Waals surface area contributed by atoms with Crippen LogP contribution in [0, 0.1) is 11.7 Å². The van der Waals surface area contributed by atoms with Gasteiger partial charge in [-0.1, -0.05) is 19.9 Å². The molecule has 0 saturated heterocycles. The summed E-state index contributed by atoms with van der Waals surface area (Å²) in [6.07, 6.45) is 0. The second-order valence-electron chi connectivity index (χ2n) is 6.13. The highest BCUT2D eigenvalue weighted by Gasteiger charge is 2.22. The molecule has 0 aliphatic rings. The van der Waals surface area contributed by atoms with Crippen molar-refractivity contribution in [3.05, 3.63) is 34.5 Å². The van der Waals surface area contributed by atoms with Crippen LogP contribution in [0.15, 0.2) is 18.2 Å². The number of hydrogen-bond donors (Lipinski definition) is 1. The number of amides is 1. The van der Waals surface area contributed by atoms with E-state index in [-0.39, 0.29) is 36.0 Å². The van der Waals surface area contributed by atoms with Crippen LogP contribution in [0.25, 0.3) is 10.1 Å². The zero-order valence-corrected chi connectivity index (χ0v) is 15.5. The van der Waals surface area contributed by atoms with Crippen molar-refractivity contribution in [1.82, 2.24) is 5.32 Å². The van der Waals surface area contributed by atoms with E-state index in [9.17, 15) is 14.0 Å². The Hall–Kier alpha value is -1.99. The highest BCUT2D eigenvalue weighted by molar-refractivity contribution is 7.21. The van der Waals surface area contributed by atoms with Crippen molar-refractivity contribution in [2.75, 3.05) is 13.7 Å². The number of esters is 1. The van der Waals surface area contributed by atoms with Crippen molar-refractivity contribution in [2.24, 2.45) is 5.92 Å². The summed E-state index contributed by atoms with van der Waals surface area (Å²) in [5, 5.41) is 3.12. The SMILES string of the molecule is COCc1c(C(=O)OCC(=O)N[C@@H](C)C(C)C)sc2cccc(F)c12. The van der Waals surface area contributed by atoms with Gasteiger partial charge in [-0.05, 0) is 25.0 Å². The van der Waals surface area contributed by atoms with Gasteiger partial charge in [0.15, 0.2) is 6.61 Å². The number of methoxy groups -OCH3 is 1. The molecule has 0 saturated carbocycles. The maximum absolute atomic E-state index is 14.1. The molecule has 136 valence electrons. The number of fused-ring (bicyclic) bond motifs is 1. The van der Waals surface area contributed by atoms with Gasteiger partial charge < -0.3 is 14.8 Å². The van der Waals surface area contributed by atoms with E-state index in [1.807, 2.05) is 20.8 Å². The van der Waals surface area contributed by atoms with Crippen LogP contribution in [0.1, 0.15) is 36.0 Å². The summed E-state index contributed by atoms with van der Waals surface area (Å²) in [5.74, 6) is -1.16. The lowest BCUT2D eigenvalue weighted by Gasteiger charge is -2.17. The molecule has 1 amide bonds. The van der Waals surface area contributed by atoms with Crippen LogP contribution in [0.4, 0.5) is 4.39 Å². The van der Waals surface area contributed by atoms with Crippen molar-refractivity contribution >= 4 is 33.3 Å². The Morgan fingerprint density at radius 3 is 2.64 bits per heavy atom. The van der Waals surface area contributed by atoms with Gasteiger partial charge in [0, 0.05) is 28.8 Å². The van der Waals surface area contributed by atoms with E-state index in [2.05, 4.69) is 5.32 Å². The lowest BCUT2D eigenvalue weighted by atomic mass is 10.1. The normalized spacial score (nSPS) is 12.4. The third kappa shape index (κ3) is 4.55. The topological polar surface area (TPSA) is 64.6 Å². The smallest absolute Gasteiger partial charge is 0.349 e. The molecule has 0 aliphatic carbocycles. The van der Waals surface area contributed by atoms with Gasteiger partial charge in [0.05, 0.1) is 6.61 Å². The van der Waals surface area contributed by atoms with Crippen LogP contribution in [0.2, 0.25) is 0 Å². The second kappa shape index (κ2) is 8.40. The molecule has 0 fully saturated rings. The zero-order valence-electron chi connectivity index (χ0n) is 14.7. The number of halogens is 1. The van der Waals surface area contributed by atoms with E-state index in [1.165, 1.54) is 13.2 Å². The summed E-state index contributed by atoms with van der Waals surface area (Å²) in [6, 6.07) is 4.63. The van der Waals surface area contributed by atoms with Crippen LogP contribution in [0.5, 0.6) is 0 Å². The minimum absolute atomic E-state index is 0.0197. The molecule has 7 heteroatoms. The Balaban J connectivity index is 2.15. The fraction of sp³-hybridized carbons (Fsp3) is 0.444. The highest BCUT2D eigenvalue weighted by Crippen LogP contribution is 2.34. The van der Waals surface area contributed by atoms with Gasteiger partial charge >= 0.3 is 5.97 Å². The van der Waals surface area contributed by atoms with Gasteiger partial charge in [-0.15, -0.1) is 11.3 Å². The van der Waals surface area contributed by atoms with E-state index < -0.39 is 11.8 Å². The number of nitrogens with one attached hydrogen (secondary N) is 1. The number of ether oxygens (including phenoxy) is 2. The Kier molecular flexibility index (Phi) is 6.50. The molecule has 0 bridgehead atoms. The molecule has 0 aliphatic heterocycles. The quantitative estimate of drug-likeness (QED) is 0.761. The van der Waals surface area contributed by atoms with Crippen molar-refractivity contribution in [3.63, 3.8) is 0 Å². The average molecular weight is 367 g/mol. The molecule has 1 aromatic heterocycles. The monoisotopic (exact) mass is 367 g/mol. The summed E-state index contributed by atoms with van der Waals surface area (Å²) in [6.45, 7) is 5.57. The molecule has 1 aromatic carbocycles. The number of carbonyl (C=O) groups excluding carboxylic acids is 2. The highest BCUT2D eigenvalue weighted by atomic mass is 32.1. The molecule has 0 radical (unpaired) electrons. The maximum atomic E-state index is 14.1. The predicted molar refractivity (Wildman–Crippen MR) is 95.2 cm³/mol. The minimum atomic E-state index is -0.653. The van der Waals surface area contributed by atoms with Gasteiger partial charge in [0.1, 0.15) is 10.7 Å². The number of thiophene rings is 1. The first-order valence-corrected chi connectivity index (χ1v) is 8.82. The summed E-state index contributed by atoms with van der Waals surface area (Å²) < 4.78 is 25.0. The number of benzene rings is 1. The summed E-state index contributed by atoms with van der Waals surface area (Å²) >= 11 is 1.13. The molecule has 1 atom stereocenters. The molecule has 1 heterocycles. The van der Waals surface area contributed by atoms with Gasteiger partial charge in [0.2, 0.25) is 0 Å². The van der Waals surface area contributed by atoms with Crippen LogP contribution in [-0.2, 0) is 20.9 Å². The second-order valence-corrected chi connectivity index (χ2v) is 7.18. The van der Waals surface area contributed by atoms with Crippen molar-refractivity contribution < 1.29 is 23.5 Å². The average Bonchev–Trinajstić information content (AvgIpc) is 2.93. The van der Waals surface area contributed by atoms with Crippen LogP contribution in [-0.4, -0.2) is 31.6 Å². The van der Waals surface area contributed by atoms with E-state index in [1.54, 1.807) is 12.1 Å². The first-order chi connectivity index (χ1) is 11.8. The van der Waals surface area contributed by atoms with Crippen molar-refractivity contribution in [2.45, 2.75) is 33.4 Å². The van der Waals surface area contributed by atoms with Gasteiger partial charge in [0.25, 0.3) is 5.91 Å². The molecule has 0 spiro atoms. The number of rotatable bonds is 7. The van der Waals surface area contributed by atoms with Gasteiger partial charge in [-0.2, -0.15) is 0 Å². The van der Waals surface area contributed by atoms with E-state index in [0.717, 1.165) is 11.3 Å². The van der Waals surface area contributed by atoms with Crippen molar-refractivity contribution in [3.8, 4) is 0 Å². The zero-order chi connectivity index (χ0) is 18.6. The summed E-state index contributed by atoms with van der Waals surface area (Å²) in [7, 11) is 1.47. The standard InChI is InChI=1S/C18H22FNO4S/c1-10(2)11(3)20-15(21)9-24-18(22)17-12(8-23-4)16-13(19)6-5-7-14(16)25-17/h5-7,10-11H,8-9H2,1-4H3,(H,20,21)/t11-/m0/s1. The summed E-state index contributed by atoms with van der Waals surface area (Å²) in [5.41, 5.74) is 0.446. The third-order valence-electron chi connectivity index (χ3n) is 3.96. The lowest BCUT2D eigenvalue weighted by Crippen LogP contribution is -2.38. The molecule has 5 nitrogen and oxygen atoms in total. The Bertz CT molecular complexity index is 772. The molecule has 1 N–H and O–H groups in total. The van der Waals surface area contributed by atoms with E-state index >= 15 is 0 Å². The molecule has 25 heavy (non-hydrogen) atoms. The van der Waals surface area contributed by atoms with Crippen LogP contribution in [0.3, 0.4) is 0 Å². The molecule has 0 unspecified atom stereocenters. The molecule has 2 rings (SSSR count). The summed E-state index contributed by atoms with van der Waals surface area (Å²) in [4.78, 5) is 24.5. The minimum Gasteiger partial charge on any atom is -0.451 e. The molecular formula is C18H22FNO4S. The fourth-order valence-corrected chi connectivity index (χ4v) is 3.39. The Morgan fingerprint density at radius 1 is 1.28 bits per heavy atom. The fourth-order valence-electron chi connectivity index (χ4n) is 2.27. The largest absolute Gasteiger partial charge is 0.451 e. The number of hydrogen-bond acceptors (Lipinski definition) is 5. The third-order valence-corrected chi connectivity index (χ3v) is 5.14. The maximum Gasteiger partial charge on any atom is 0.349 e. The molecular weight excluding hydrogens is 345 g/mol. The molecule has 2 aromatic rings. The van der Waals surface area contributed by atoms with Crippen LogP contribution < -0.4 is 5.32 Å². The van der Waals surface area contributed by atoms with E-state index in [0.29, 0.717) is 15.6 Å². The Labute approximate surface area is 150 Å². The lowest BCUT2D eigenvalue weighted by molar-refractivity contribution is -0.125.